The molecule has 0 saturated carbocycles. The number of benzene rings is 3. The first-order valence-electron chi connectivity index (χ1n) is 11.4. The maximum Gasteiger partial charge on any atom is 0.341 e. The molecule has 0 spiro atoms. The molecular weight excluding hydrogens is 446 g/mol. The van der Waals surface area contributed by atoms with Crippen LogP contribution in [0.3, 0.4) is 0 Å². The van der Waals surface area contributed by atoms with Crippen molar-refractivity contribution < 1.29 is 28.5 Å². The third-order valence-corrected chi connectivity index (χ3v) is 6.24. The van der Waals surface area contributed by atoms with Crippen molar-refractivity contribution in [2.75, 3.05) is 20.3 Å². The highest BCUT2D eigenvalue weighted by atomic mass is 16.6. The lowest BCUT2D eigenvalue weighted by molar-refractivity contribution is 0.0534. The van der Waals surface area contributed by atoms with Crippen molar-refractivity contribution in [1.82, 2.24) is 4.98 Å². The first-order chi connectivity index (χ1) is 17.1. The van der Waals surface area contributed by atoms with Gasteiger partial charge in [-0.1, -0.05) is 35.9 Å². The second-order valence-electron chi connectivity index (χ2n) is 8.54. The predicted octanol–water partition coefficient (Wildman–Crippen LogP) is 5.24. The summed E-state index contributed by atoms with van der Waals surface area (Å²) in [5.74, 6) is 2.06. The molecule has 2 aliphatic heterocycles. The molecule has 4 aromatic rings. The van der Waals surface area contributed by atoms with Gasteiger partial charge in [0, 0.05) is 17.0 Å². The van der Waals surface area contributed by atoms with E-state index in [0.717, 1.165) is 22.1 Å². The van der Waals surface area contributed by atoms with Gasteiger partial charge < -0.3 is 23.7 Å². The van der Waals surface area contributed by atoms with Gasteiger partial charge in [-0.2, -0.15) is 0 Å². The van der Waals surface area contributed by atoms with Crippen molar-refractivity contribution in [3.05, 3.63) is 77.0 Å². The molecule has 0 aliphatic carbocycles. The summed E-state index contributed by atoms with van der Waals surface area (Å²) >= 11 is 0. The molecule has 0 unspecified atom stereocenters. The lowest BCUT2D eigenvalue weighted by Crippen LogP contribution is -2.15. The fourth-order valence-corrected chi connectivity index (χ4v) is 4.47. The standard InChI is InChI=1S/C28H23NO6/c1-16-3-5-17(6-4-16)14-34-25-13-20-19(12-23(25)31-2)26(27-21(29-20)15-35-28(27)30)18-7-8-22-24(11-18)33-10-9-32-22/h3-8,11-13H,9-10,14-15H2,1-2H3. The van der Waals surface area contributed by atoms with E-state index in [0.29, 0.717) is 59.6 Å². The van der Waals surface area contributed by atoms with Crippen LogP contribution in [0.2, 0.25) is 0 Å². The van der Waals surface area contributed by atoms with Crippen molar-refractivity contribution in [1.29, 1.82) is 0 Å². The van der Waals surface area contributed by atoms with E-state index in [2.05, 4.69) is 19.1 Å². The quantitative estimate of drug-likeness (QED) is 0.370. The minimum Gasteiger partial charge on any atom is -0.493 e. The Morgan fingerprint density at radius 1 is 0.886 bits per heavy atom. The van der Waals surface area contributed by atoms with E-state index in [-0.39, 0.29) is 6.61 Å². The fourth-order valence-electron chi connectivity index (χ4n) is 4.47. The fraction of sp³-hybridized carbons (Fsp3) is 0.214. The van der Waals surface area contributed by atoms with Crippen molar-refractivity contribution in [2.24, 2.45) is 0 Å². The van der Waals surface area contributed by atoms with Gasteiger partial charge in [-0.25, -0.2) is 9.78 Å². The van der Waals surface area contributed by atoms with E-state index >= 15 is 0 Å². The molecular formula is C28H23NO6. The van der Waals surface area contributed by atoms with Gasteiger partial charge in [0.2, 0.25) is 0 Å². The highest BCUT2D eigenvalue weighted by Gasteiger charge is 2.30. The van der Waals surface area contributed by atoms with Gasteiger partial charge in [0.25, 0.3) is 0 Å². The number of cyclic esters (lactones) is 1. The Hall–Kier alpha value is -4.26. The Labute approximate surface area is 202 Å². The number of pyridine rings is 1. The third-order valence-electron chi connectivity index (χ3n) is 6.24. The summed E-state index contributed by atoms with van der Waals surface area (Å²) in [6.45, 7) is 3.56. The normalized spacial score (nSPS) is 13.9. The molecule has 3 heterocycles. The topological polar surface area (TPSA) is 76.1 Å². The first kappa shape index (κ1) is 21.3. The van der Waals surface area contributed by atoms with Gasteiger partial charge in [-0.05, 0) is 36.2 Å². The van der Waals surface area contributed by atoms with E-state index in [1.165, 1.54) is 5.56 Å². The second-order valence-corrected chi connectivity index (χ2v) is 8.54. The monoisotopic (exact) mass is 469 g/mol. The molecule has 0 saturated heterocycles. The third kappa shape index (κ3) is 3.79. The number of nitrogens with zero attached hydrogens (tertiary/aromatic N) is 1. The summed E-state index contributed by atoms with van der Waals surface area (Å²) in [7, 11) is 1.60. The molecule has 7 nitrogen and oxygen atoms in total. The number of carbonyl (C=O) groups excluding carboxylic acids is 1. The maximum atomic E-state index is 12.7. The maximum absolute atomic E-state index is 12.7. The summed E-state index contributed by atoms with van der Waals surface area (Å²) in [6, 6.07) is 17.6. The molecule has 0 amide bonds. The molecule has 3 aromatic carbocycles. The van der Waals surface area contributed by atoms with E-state index in [4.69, 9.17) is 28.7 Å². The Kier molecular flexibility index (Phi) is 5.17. The minimum absolute atomic E-state index is 0.132. The smallest absolute Gasteiger partial charge is 0.341 e. The van der Waals surface area contributed by atoms with Crippen LogP contribution in [-0.4, -0.2) is 31.3 Å². The number of esters is 1. The Morgan fingerprint density at radius 2 is 1.69 bits per heavy atom. The van der Waals surface area contributed by atoms with Crippen LogP contribution in [0.4, 0.5) is 0 Å². The zero-order valence-corrected chi connectivity index (χ0v) is 19.4. The number of fused-ring (bicyclic) bond motifs is 3. The highest BCUT2D eigenvalue weighted by Crippen LogP contribution is 2.43. The van der Waals surface area contributed by atoms with Crippen molar-refractivity contribution >= 4 is 16.9 Å². The Balaban J connectivity index is 1.48. The molecule has 7 heteroatoms. The molecule has 35 heavy (non-hydrogen) atoms. The number of hydrogen-bond acceptors (Lipinski definition) is 7. The largest absolute Gasteiger partial charge is 0.493 e. The average molecular weight is 469 g/mol. The SMILES string of the molecule is COc1cc2c(-c3ccc4c(c3)OCCO4)c3c(nc2cc1OCc1ccc(C)cc1)COC3=O. The van der Waals surface area contributed by atoms with Gasteiger partial charge >= 0.3 is 5.97 Å². The molecule has 176 valence electrons. The number of aromatic nitrogens is 1. The summed E-state index contributed by atoms with van der Waals surface area (Å²) in [6.07, 6.45) is 0. The van der Waals surface area contributed by atoms with E-state index in [1.807, 2.05) is 42.5 Å². The zero-order chi connectivity index (χ0) is 23.9. The summed E-state index contributed by atoms with van der Waals surface area (Å²) in [5, 5.41) is 0.763. The van der Waals surface area contributed by atoms with Crippen LogP contribution in [0.15, 0.2) is 54.6 Å². The first-order valence-corrected chi connectivity index (χ1v) is 11.4. The lowest BCUT2D eigenvalue weighted by atomic mass is 9.94. The summed E-state index contributed by atoms with van der Waals surface area (Å²) < 4.78 is 28.6. The van der Waals surface area contributed by atoms with Crippen molar-refractivity contribution in [2.45, 2.75) is 20.1 Å². The van der Waals surface area contributed by atoms with Gasteiger partial charge in [-0.3, -0.25) is 0 Å². The van der Waals surface area contributed by atoms with Crippen LogP contribution in [0, 0.1) is 6.92 Å². The van der Waals surface area contributed by atoms with Crippen LogP contribution in [0.25, 0.3) is 22.0 Å². The number of carbonyl (C=O) groups is 1. The molecule has 0 radical (unpaired) electrons. The Morgan fingerprint density at radius 3 is 2.49 bits per heavy atom. The molecule has 0 bridgehead atoms. The van der Waals surface area contributed by atoms with Crippen LogP contribution >= 0.6 is 0 Å². The van der Waals surface area contributed by atoms with Gasteiger partial charge in [-0.15, -0.1) is 0 Å². The number of hydrogen-bond donors (Lipinski definition) is 0. The van der Waals surface area contributed by atoms with Gasteiger partial charge in [0.15, 0.2) is 23.0 Å². The second kappa shape index (κ2) is 8.51. The highest BCUT2D eigenvalue weighted by molar-refractivity contribution is 6.09. The van der Waals surface area contributed by atoms with E-state index in [1.54, 1.807) is 7.11 Å². The molecule has 6 rings (SSSR count). The molecule has 0 fully saturated rings. The average Bonchev–Trinajstić information content (AvgIpc) is 3.26. The number of ether oxygens (including phenoxy) is 5. The zero-order valence-electron chi connectivity index (χ0n) is 19.4. The molecule has 0 atom stereocenters. The van der Waals surface area contributed by atoms with Gasteiger partial charge in [0.05, 0.1) is 23.9 Å². The Bertz CT molecular complexity index is 1460. The predicted molar refractivity (Wildman–Crippen MR) is 129 cm³/mol. The minimum atomic E-state index is -0.391. The number of methoxy groups -OCH3 is 1. The van der Waals surface area contributed by atoms with E-state index < -0.39 is 5.97 Å². The number of aryl methyl sites for hydroxylation is 1. The summed E-state index contributed by atoms with van der Waals surface area (Å²) in [5.41, 5.74) is 5.53. The van der Waals surface area contributed by atoms with E-state index in [9.17, 15) is 4.79 Å². The lowest BCUT2D eigenvalue weighted by Gasteiger charge is -2.20. The number of rotatable bonds is 5. The van der Waals surface area contributed by atoms with Crippen molar-refractivity contribution in [3.8, 4) is 34.1 Å². The van der Waals surface area contributed by atoms with Crippen LogP contribution in [0.5, 0.6) is 23.0 Å². The molecule has 0 N–H and O–H groups in total. The molecule has 1 aromatic heterocycles. The summed E-state index contributed by atoms with van der Waals surface area (Å²) in [4.78, 5) is 17.5. The van der Waals surface area contributed by atoms with Crippen LogP contribution < -0.4 is 18.9 Å². The van der Waals surface area contributed by atoms with Gasteiger partial charge in [0.1, 0.15) is 26.4 Å². The van der Waals surface area contributed by atoms with Crippen molar-refractivity contribution in [3.63, 3.8) is 0 Å². The van der Waals surface area contributed by atoms with Crippen LogP contribution in [-0.2, 0) is 18.0 Å². The molecule has 2 aliphatic rings. The van der Waals surface area contributed by atoms with Crippen LogP contribution in [0.1, 0.15) is 27.2 Å².